The molecule has 4 aliphatic rings. The Bertz CT molecular complexity index is 506. The van der Waals surface area contributed by atoms with Crippen molar-refractivity contribution in [3.8, 4) is 0 Å². The lowest BCUT2D eigenvalue weighted by Crippen LogP contribution is -2.56. The van der Waals surface area contributed by atoms with E-state index in [2.05, 4.69) is 9.80 Å². The zero-order valence-corrected chi connectivity index (χ0v) is 14.8. The molecule has 142 valence electrons. The van der Waals surface area contributed by atoms with Crippen molar-refractivity contribution in [3.63, 3.8) is 0 Å². The summed E-state index contributed by atoms with van der Waals surface area (Å²) in [5.41, 5.74) is 0.234. The van der Waals surface area contributed by atoms with Gasteiger partial charge < -0.3 is 20.0 Å². The van der Waals surface area contributed by atoms with E-state index >= 15 is 0 Å². The van der Waals surface area contributed by atoms with E-state index in [1.54, 1.807) is 4.90 Å². The highest BCUT2D eigenvalue weighted by Crippen LogP contribution is 2.50. The average molecular weight is 355 g/mol. The highest BCUT2D eigenvalue weighted by atomic mass is 19.1. The maximum atomic E-state index is 13.7. The van der Waals surface area contributed by atoms with Crippen LogP contribution in [0.5, 0.6) is 0 Å². The molecule has 0 radical (unpaired) electrons. The van der Waals surface area contributed by atoms with Gasteiger partial charge in [-0.15, -0.1) is 0 Å². The molecule has 7 heteroatoms. The van der Waals surface area contributed by atoms with Gasteiger partial charge in [-0.1, -0.05) is 0 Å². The lowest BCUT2D eigenvalue weighted by Gasteiger charge is -2.52. The van der Waals surface area contributed by atoms with Gasteiger partial charge in [-0.3, -0.25) is 4.90 Å². The number of carboxylic acid groups (broad SMARTS) is 1. The Morgan fingerprint density at radius 2 is 1.88 bits per heavy atom. The minimum atomic E-state index is -0.791. The van der Waals surface area contributed by atoms with Gasteiger partial charge in [0.15, 0.2) is 0 Å². The van der Waals surface area contributed by atoms with Crippen LogP contribution in [0, 0.1) is 5.41 Å². The first kappa shape index (κ1) is 17.5. The molecule has 3 saturated heterocycles. The van der Waals surface area contributed by atoms with Crippen molar-refractivity contribution in [3.05, 3.63) is 0 Å². The molecule has 0 unspecified atom stereocenters. The molecule has 6 nitrogen and oxygen atoms in total. The Hall–Kier alpha value is -0.920. The number of nitrogens with zero attached hydrogens (tertiary/aromatic N) is 3. The van der Waals surface area contributed by atoms with E-state index in [-0.39, 0.29) is 18.1 Å². The molecule has 1 spiro atoms. The maximum absolute atomic E-state index is 13.7. The minimum absolute atomic E-state index is 0.000914. The molecular formula is C18H30FN3O3. The normalized spacial score (nSPS) is 40.7. The third-order valence-electron chi connectivity index (χ3n) is 7.15. The molecular weight excluding hydrogens is 325 g/mol. The molecule has 4 fully saturated rings. The van der Waals surface area contributed by atoms with Crippen LogP contribution in [0.1, 0.15) is 38.5 Å². The van der Waals surface area contributed by atoms with Crippen LogP contribution in [0.15, 0.2) is 0 Å². The minimum Gasteiger partial charge on any atom is -0.465 e. The van der Waals surface area contributed by atoms with Gasteiger partial charge in [-0.25, -0.2) is 9.18 Å². The topological polar surface area (TPSA) is 67.2 Å². The fraction of sp³-hybridized carbons (Fsp3) is 0.944. The van der Waals surface area contributed by atoms with Crippen molar-refractivity contribution in [2.75, 3.05) is 39.3 Å². The van der Waals surface area contributed by atoms with Gasteiger partial charge in [0.1, 0.15) is 6.17 Å². The van der Waals surface area contributed by atoms with Gasteiger partial charge in [0.2, 0.25) is 0 Å². The lowest BCUT2D eigenvalue weighted by atomic mass is 9.64. The first-order valence-corrected chi connectivity index (χ1v) is 9.72. The van der Waals surface area contributed by atoms with Crippen molar-refractivity contribution in [2.45, 2.75) is 62.8 Å². The van der Waals surface area contributed by atoms with Crippen molar-refractivity contribution in [2.24, 2.45) is 5.41 Å². The molecule has 25 heavy (non-hydrogen) atoms. The molecule has 0 aromatic carbocycles. The average Bonchev–Trinajstić information content (AvgIpc) is 3.17. The summed E-state index contributed by atoms with van der Waals surface area (Å²) in [4.78, 5) is 17.4. The van der Waals surface area contributed by atoms with Gasteiger partial charge in [0, 0.05) is 37.8 Å². The zero-order valence-electron chi connectivity index (χ0n) is 14.8. The molecule has 3 aliphatic heterocycles. The fourth-order valence-corrected chi connectivity index (χ4v) is 5.72. The van der Waals surface area contributed by atoms with Crippen LogP contribution < -0.4 is 0 Å². The highest BCUT2D eigenvalue weighted by Gasteiger charge is 2.51. The number of aliphatic hydroxyl groups excluding tert-OH is 1. The third-order valence-corrected chi connectivity index (χ3v) is 7.15. The summed E-state index contributed by atoms with van der Waals surface area (Å²) >= 11 is 0. The number of likely N-dealkylation sites (tertiary alicyclic amines) is 3. The van der Waals surface area contributed by atoms with E-state index in [0.717, 1.165) is 45.2 Å². The second-order valence-corrected chi connectivity index (χ2v) is 8.65. The quantitative estimate of drug-likeness (QED) is 0.801. The molecule has 3 heterocycles. The second-order valence-electron chi connectivity index (χ2n) is 8.65. The molecule has 4 rings (SSSR count). The van der Waals surface area contributed by atoms with Gasteiger partial charge in [-0.2, -0.15) is 0 Å². The summed E-state index contributed by atoms with van der Waals surface area (Å²) in [5, 5.41) is 18.6. The maximum Gasteiger partial charge on any atom is 0.407 e. The molecule has 1 aliphatic carbocycles. The molecule has 0 bridgehead atoms. The van der Waals surface area contributed by atoms with Crippen LogP contribution >= 0.6 is 0 Å². The van der Waals surface area contributed by atoms with Crippen molar-refractivity contribution < 1.29 is 19.4 Å². The Balaban J connectivity index is 1.25. The largest absolute Gasteiger partial charge is 0.465 e. The number of halogens is 1. The van der Waals surface area contributed by atoms with E-state index < -0.39 is 12.3 Å². The van der Waals surface area contributed by atoms with Crippen LogP contribution in [0.25, 0.3) is 0 Å². The highest BCUT2D eigenvalue weighted by molar-refractivity contribution is 5.65. The number of rotatable bonds is 3. The van der Waals surface area contributed by atoms with Crippen molar-refractivity contribution in [1.82, 2.24) is 14.7 Å². The third kappa shape index (κ3) is 3.26. The van der Waals surface area contributed by atoms with Crippen molar-refractivity contribution in [1.29, 1.82) is 0 Å². The Kier molecular flexibility index (Phi) is 4.67. The number of alkyl halides is 1. The molecule has 1 saturated carbocycles. The van der Waals surface area contributed by atoms with Gasteiger partial charge >= 0.3 is 6.09 Å². The molecule has 2 atom stereocenters. The molecule has 0 aromatic heterocycles. The summed E-state index contributed by atoms with van der Waals surface area (Å²) < 4.78 is 13.7. The number of piperidine rings is 1. The SMILES string of the molecule is O=C(O)N1CCC2(CC(N3CCC(N4C[C@H](F)C[C@@H]4CO)CC3)C2)C1. The van der Waals surface area contributed by atoms with Crippen LogP contribution in [-0.2, 0) is 0 Å². The number of hydrogen-bond donors (Lipinski definition) is 2. The predicted molar refractivity (Wildman–Crippen MR) is 91.4 cm³/mol. The smallest absolute Gasteiger partial charge is 0.407 e. The number of hydrogen-bond acceptors (Lipinski definition) is 4. The van der Waals surface area contributed by atoms with E-state index in [0.29, 0.717) is 38.1 Å². The van der Waals surface area contributed by atoms with Crippen molar-refractivity contribution >= 4 is 6.09 Å². The molecule has 2 N–H and O–H groups in total. The zero-order chi connectivity index (χ0) is 17.6. The Labute approximate surface area is 148 Å². The Morgan fingerprint density at radius 1 is 1.16 bits per heavy atom. The number of aliphatic hydroxyl groups is 1. The van der Waals surface area contributed by atoms with Gasteiger partial charge in [-0.05, 0) is 57.0 Å². The van der Waals surface area contributed by atoms with E-state index in [1.807, 2.05) is 0 Å². The van der Waals surface area contributed by atoms with Crippen LogP contribution in [0.4, 0.5) is 9.18 Å². The van der Waals surface area contributed by atoms with Crippen LogP contribution in [0.3, 0.4) is 0 Å². The lowest BCUT2D eigenvalue weighted by molar-refractivity contribution is -0.0191. The standard InChI is InChI=1S/C18H30FN3O3/c19-13-7-15(11-23)22(10-13)14-1-4-20(5-2-14)16-8-18(9-16)3-6-21(12-18)17(24)25/h13-16,23H,1-12H2,(H,24,25)/t13-,15-,16?,18?/m1/s1. The summed E-state index contributed by atoms with van der Waals surface area (Å²) in [7, 11) is 0. The fourth-order valence-electron chi connectivity index (χ4n) is 5.72. The number of carbonyl (C=O) groups is 1. The second kappa shape index (κ2) is 6.67. The van der Waals surface area contributed by atoms with Gasteiger partial charge in [0.25, 0.3) is 0 Å². The van der Waals surface area contributed by atoms with Gasteiger partial charge in [0.05, 0.1) is 6.61 Å². The molecule has 1 amide bonds. The first-order valence-electron chi connectivity index (χ1n) is 9.72. The summed E-state index contributed by atoms with van der Waals surface area (Å²) in [5.74, 6) is 0. The van der Waals surface area contributed by atoms with E-state index in [1.165, 1.54) is 0 Å². The van der Waals surface area contributed by atoms with Crippen LogP contribution in [0.2, 0.25) is 0 Å². The summed E-state index contributed by atoms with van der Waals surface area (Å²) in [6.45, 7) is 4.02. The predicted octanol–water partition coefficient (Wildman–Crippen LogP) is 1.39. The van der Waals surface area contributed by atoms with E-state index in [9.17, 15) is 14.3 Å². The molecule has 0 aromatic rings. The monoisotopic (exact) mass is 355 g/mol. The Morgan fingerprint density at radius 3 is 2.48 bits per heavy atom. The van der Waals surface area contributed by atoms with Crippen LogP contribution in [-0.4, -0.2) is 94.6 Å². The first-order chi connectivity index (χ1) is 12.0. The number of amides is 1. The summed E-state index contributed by atoms with van der Waals surface area (Å²) in [6.07, 6.45) is 4.26. The van der Waals surface area contributed by atoms with E-state index in [4.69, 9.17) is 5.11 Å². The summed E-state index contributed by atoms with van der Waals surface area (Å²) in [6, 6.07) is 0.993.